The van der Waals surface area contributed by atoms with Crippen molar-refractivity contribution in [3.8, 4) is 11.6 Å². The van der Waals surface area contributed by atoms with Crippen LogP contribution in [0.5, 0.6) is 0 Å². The lowest BCUT2D eigenvalue weighted by Gasteiger charge is -2.19. The van der Waals surface area contributed by atoms with Gasteiger partial charge < -0.3 is 19.6 Å². The average Bonchev–Trinajstić information content (AvgIpc) is 3.14. The Balaban J connectivity index is 1.75. The molecule has 0 radical (unpaired) electrons. The number of aromatic nitrogens is 3. The number of amides is 1. The highest BCUT2D eigenvalue weighted by Gasteiger charge is 2.18. The van der Waals surface area contributed by atoms with Crippen molar-refractivity contribution in [3.05, 3.63) is 35.4 Å². The molecule has 2 N–H and O–H groups in total. The van der Waals surface area contributed by atoms with E-state index in [-0.39, 0.29) is 24.1 Å². The SMILES string of the molecule is Cc1ccc(F)c2[nH]c(-c3nc(CNC(=O)OC(C)(C)C)no3)cc12. The number of fused-ring (bicyclic) bond motifs is 1. The van der Waals surface area contributed by atoms with Crippen LogP contribution in [0, 0.1) is 12.7 Å². The van der Waals surface area contributed by atoms with Crippen molar-refractivity contribution in [2.24, 2.45) is 0 Å². The van der Waals surface area contributed by atoms with Gasteiger partial charge in [-0.3, -0.25) is 0 Å². The van der Waals surface area contributed by atoms with Gasteiger partial charge in [0, 0.05) is 5.39 Å². The largest absolute Gasteiger partial charge is 0.444 e. The number of rotatable bonds is 3. The highest BCUT2D eigenvalue weighted by atomic mass is 19.1. The molecule has 0 bridgehead atoms. The molecule has 0 aliphatic carbocycles. The zero-order valence-electron chi connectivity index (χ0n) is 14.4. The van der Waals surface area contributed by atoms with E-state index in [2.05, 4.69) is 20.4 Å². The van der Waals surface area contributed by atoms with Crippen molar-refractivity contribution in [3.63, 3.8) is 0 Å². The van der Waals surface area contributed by atoms with Crippen molar-refractivity contribution in [1.29, 1.82) is 0 Å². The number of halogens is 1. The van der Waals surface area contributed by atoms with Crippen LogP contribution in [-0.4, -0.2) is 26.8 Å². The van der Waals surface area contributed by atoms with E-state index in [0.29, 0.717) is 11.2 Å². The van der Waals surface area contributed by atoms with Gasteiger partial charge in [0.2, 0.25) is 0 Å². The third kappa shape index (κ3) is 3.78. The van der Waals surface area contributed by atoms with E-state index in [4.69, 9.17) is 9.26 Å². The third-order valence-corrected chi connectivity index (χ3v) is 3.45. The average molecular weight is 346 g/mol. The second kappa shape index (κ2) is 6.19. The summed E-state index contributed by atoms with van der Waals surface area (Å²) >= 11 is 0. The molecule has 25 heavy (non-hydrogen) atoms. The standard InChI is InChI=1S/C17H19FN4O3/c1-9-5-6-11(18)14-10(9)7-12(20-14)15-21-13(22-25-15)8-19-16(23)24-17(2,3)4/h5-7,20H,8H2,1-4H3,(H,19,23). The van der Waals surface area contributed by atoms with Gasteiger partial charge in [-0.1, -0.05) is 11.2 Å². The molecule has 0 fully saturated rings. The Morgan fingerprint density at radius 2 is 2.16 bits per heavy atom. The summed E-state index contributed by atoms with van der Waals surface area (Å²) in [4.78, 5) is 18.8. The number of nitrogens with one attached hydrogen (secondary N) is 2. The fourth-order valence-corrected chi connectivity index (χ4v) is 2.34. The molecule has 0 unspecified atom stereocenters. The fourth-order valence-electron chi connectivity index (χ4n) is 2.34. The Morgan fingerprint density at radius 1 is 1.40 bits per heavy atom. The van der Waals surface area contributed by atoms with Gasteiger partial charge in [-0.25, -0.2) is 9.18 Å². The highest BCUT2D eigenvalue weighted by molar-refractivity contribution is 5.87. The molecule has 3 rings (SSSR count). The number of ether oxygens (including phenoxy) is 1. The first kappa shape index (κ1) is 16.9. The highest BCUT2D eigenvalue weighted by Crippen LogP contribution is 2.27. The van der Waals surface area contributed by atoms with Crippen LogP contribution in [0.15, 0.2) is 22.7 Å². The molecule has 0 saturated carbocycles. The van der Waals surface area contributed by atoms with Crippen LogP contribution in [0.4, 0.5) is 9.18 Å². The molecule has 0 spiro atoms. The maximum absolute atomic E-state index is 13.9. The zero-order chi connectivity index (χ0) is 18.2. The monoisotopic (exact) mass is 346 g/mol. The molecule has 3 aromatic rings. The second-order valence-corrected chi connectivity index (χ2v) is 6.71. The van der Waals surface area contributed by atoms with Crippen LogP contribution in [0.1, 0.15) is 32.2 Å². The quantitative estimate of drug-likeness (QED) is 0.754. The maximum atomic E-state index is 13.9. The van der Waals surface area contributed by atoms with Gasteiger partial charge in [0.1, 0.15) is 17.1 Å². The van der Waals surface area contributed by atoms with Crippen LogP contribution in [-0.2, 0) is 11.3 Å². The van der Waals surface area contributed by atoms with E-state index in [1.54, 1.807) is 32.9 Å². The number of benzene rings is 1. The minimum Gasteiger partial charge on any atom is -0.444 e. The second-order valence-electron chi connectivity index (χ2n) is 6.71. The lowest BCUT2D eigenvalue weighted by Crippen LogP contribution is -2.32. The van der Waals surface area contributed by atoms with Crippen LogP contribution < -0.4 is 5.32 Å². The summed E-state index contributed by atoms with van der Waals surface area (Å²) in [6.45, 7) is 7.28. The number of aromatic amines is 1. The van der Waals surface area contributed by atoms with E-state index in [1.807, 2.05) is 6.92 Å². The molecule has 0 aliphatic heterocycles. The molecular formula is C17H19FN4O3. The number of hydrogen-bond acceptors (Lipinski definition) is 5. The van der Waals surface area contributed by atoms with Crippen molar-refractivity contribution >= 4 is 17.0 Å². The molecule has 132 valence electrons. The Labute approximate surface area is 143 Å². The first-order chi connectivity index (χ1) is 11.7. The summed E-state index contributed by atoms with van der Waals surface area (Å²) in [6.07, 6.45) is -0.567. The van der Waals surface area contributed by atoms with Crippen molar-refractivity contribution < 1.29 is 18.4 Å². The molecule has 0 aliphatic rings. The number of nitrogens with zero attached hydrogens (tertiary/aromatic N) is 2. The molecule has 1 aromatic carbocycles. The molecule has 2 heterocycles. The topological polar surface area (TPSA) is 93.0 Å². The Morgan fingerprint density at radius 3 is 2.84 bits per heavy atom. The first-order valence-electron chi connectivity index (χ1n) is 7.80. The molecule has 2 aromatic heterocycles. The molecule has 1 amide bonds. The summed E-state index contributed by atoms with van der Waals surface area (Å²) in [7, 11) is 0. The fraction of sp³-hybridized carbons (Fsp3) is 0.353. The smallest absolute Gasteiger partial charge is 0.408 e. The van der Waals surface area contributed by atoms with Gasteiger partial charge in [0.25, 0.3) is 5.89 Å². The summed E-state index contributed by atoms with van der Waals surface area (Å²) in [5.41, 5.74) is 1.25. The Bertz CT molecular complexity index is 885. The number of carbonyl (C=O) groups excluding carboxylic acids is 1. The van der Waals surface area contributed by atoms with E-state index in [1.165, 1.54) is 6.07 Å². The molecular weight excluding hydrogens is 327 g/mol. The van der Waals surface area contributed by atoms with Gasteiger partial charge in [-0.05, 0) is 45.4 Å². The molecule has 8 heteroatoms. The third-order valence-electron chi connectivity index (χ3n) is 3.45. The van der Waals surface area contributed by atoms with Crippen LogP contribution in [0.2, 0.25) is 0 Å². The van der Waals surface area contributed by atoms with Crippen LogP contribution in [0.25, 0.3) is 22.5 Å². The van der Waals surface area contributed by atoms with Gasteiger partial charge >= 0.3 is 6.09 Å². The number of aryl methyl sites for hydroxylation is 1. The number of H-pyrrole nitrogens is 1. The predicted octanol–water partition coefficient (Wildman–Crippen LogP) is 3.69. The van der Waals surface area contributed by atoms with Crippen LogP contribution >= 0.6 is 0 Å². The van der Waals surface area contributed by atoms with Gasteiger partial charge in [0.05, 0.1) is 12.1 Å². The first-order valence-corrected chi connectivity index (χ1v) is 7.80. The normalized spacial score (nSPS) is 11.7. The molecule has 0 saturated heterocycles. The van der Waals surface area contributed by atoms with Gasteiger partial charge in [0.15, 0.2) is 5.82 Å². The van der Waals surface area contributed by atoms with E-state index in [0.717, 1.165) is 10.9 Å². The summed E-state index contributed by atoms with van der Waals surface area (Å²) in [5, 5.41) is 7.11. The lowest BCUT2D eigenvalue weighted by molar-refractivity contribution is 0.0522. The minimum absolute atomic E-state index is 0.0615. The number of alkyl carbamates (subject to hydrolysis) is 1. The maximum Gasteiger partial charge on any atom is 0.408 e. The summed E-state index contributed by atoms with van der Waals surface area (Å²) in [5.74, 6) is 0.158. The van der Waals surface area contributed by atoms with Crippen molar-refractivity contribution in [1.82, 2.24) is 20.4 Å². The van der Waals surface area contributed by atoms with Crippen molar-refractivity contribution in [2.45, 2.75) is 39.8 Å². The van der Waals surface area contributed by atoms with E-state index in [9.17, 15) is 9.18 Å². The van der Waals surface area contributed by atoms with E-state index >= 15 is 0 Å². The van der Waals surface area contributed by atoms with Gasteiger partial charge in [-0.15, -0.1) is 0 Å². The van der Waals surface area contributed by atoms with Crippen molar-refractivity contribution in [2.75, 3.05) is 0 Å². The van der Waals surface area contributed by atoms with Gasteiger partial charge in [-0.2, -0.15) is 4.98 Å². The Kier molecular flexibility index (Phi) is 4.20. The number of hydrogen-bond donors (Lipinski definition) is 2. The predicted molar refractivity (Wildman–Crippen MR) is 89.4 cm³/mol. The molecule has 0 atom stereocenters. The van der Waals surface area contributed by atoms with E-state index < -0.39 is 11.7 Å². The number of carbonyl (C=O) groups is 1. The molecule has 7 nitrogen and oxygen atoms in total. The lowest BCUT2D eigenvalue weighted by atomic mass is 10.1. The summed E-state index contributed by atoms with van der Waals surface area (Å²) in [6, 6.07) is 4.87. The zero-order valence-corrected chi connectivity index (χ0v) is 14.4. The van der Waals surface area contributed by atoms with Crippen LogP contribution in [0.3, 0.4) is 0 Å². The minimum atomic E-state index is -0.585. The summed E-state index contributed by atoms with van der Waals surface area (Å²) < 4.78 is 24.2. The Hall–Kier alpha value is -2.90.